The molecule has 4 bridgehead atoms. The van der Waals surface area contributed by atoms with Crippen molar-refractivity contribution in [1.82, 2.24) is 9.97 Å². The molecule has 0 saturated heterocycles. The Morgan fingerprint density at radius 1 is 1.05 bits per heavy atom. The summed E-state index contributed by atoms with van der Waals surface area (Å²) in [7, 11) is 0. The maximum Gasteiger partial charge on any atom is 0.147 e. The van der Waals surface area contributed by atoms with E-state index < -0.39 is 0 Å². The van der Waals surface area contributed by atoms with Gasteiger partial charge in [0.05, 0.1) is 10.2 Å². The Bertz CT molecular complexity index is 549. The minimum atomic E-state index is 0.225. The summed E-state index contributed by atoms with van der Waals surface area (Å²) in [5.41, 5.74) is 1.30. The molecule has 0 atom stereocenters. The molecule has 1 aromatic heterocycles. The van der Waals surface area contributed by atoms with Gasteiger partial charge in [-0.1, -0.05) is 25.4 Å². The molecule has 0 N–H and O–H groups in total. The highest BCUT2D eigenvalue weighted by atomic mass is 79.9. The molecular weight excluding hydrogens is 348 g/mol. The Morgan fingerprint density at radius 2 is 1.57 bits per heavy atom. The van der Waals surface area contributed by atoms with Crippen LogP contribution in [0, 0.1) is 17.8 Å². The summed E-state index contributed by atoms with van der Waals surface area (Å²) in [5.74, 6) is 4.13. The quantitative estimate of drug-likeness (QED) is 0.645. The molecule has 0 aromatic carbocycles. The van der Waals surface area contributed by atoms with Crippen LogP contribution in [0.15, 0.2) is 4.47 Å². The predicted molar refractivity (Wildman–Crippen MR) is 88.7 cm³/mol. The second-order valence-electron chi connectivity index (χ2n) is 7.89. The first-order chi connectivity index (χ1) is 9.97. The van der Waals surface area contributed by atoms with Gasteiger partial charge in [0.2, 0.25) is 0 Å². The van der Waals surface area contributed by atoms with Gasteiger partial charge < -0.3 is 0 Å². The second kappa shape index (κ2) is 4.92. The Balaban J connectivity index is 1.79. The van der Waals surface area contributed by atoms with Crippen LogP contribution >= 0.6 is 27.5 Å². The van der Waals surface area contributed by atoms with Gasteiger partial charge in [-0.3, -0.25) is 0 Å². The fraction of sp³-hybridized carbons (Fsp3) is 0.765. The maximum absolute atomic E-state index is 6.41. The first kappa shape index (κ1) is 14.4. The molecule has 1 aromatic rings. The highest BCUT2D eigenvalue weighted by Gasteiger charge is 2.53. The van der Waals surface area contributed by atoms with Crippen molar-refractivity contribution in [2.45, 2.75) is 63.7 Å². The maximum atomic E-state index is 6.41. The smallest absolute Gasteiger partial charge is 0.147 e. The molecule has 4 aliphatic rings. The third kappa shape index (κ3) is 2.26. The average molecular weight is 370 g/mol. The van der Waals surface area contributed by atoms with E-state index in [0.717, 1.165) is 33.7 Å². The lowest BCUT2D eigenvalue weighted by Crippen LogP contribution is -2.49. The van der Waals surface area contributed by atoms with E-state index in [2.05, 4.69) is 29.8 Å². The zero-order valence-corrected chi connectivity index (χ0v) is 15.0. The molecule has 0 aliphatic heterocycles. The van der Waals surface area contributed by atoms with Crippen LogP contribution in [0.1, 0.15) is 69.8 Å². The zero-order chi connectivity index (χ0) is 14.8. The lowest BCUT2D eigenvalue weighted by atomic mass is 9.49. The van der Waals surface area contributed by atoms with Gasteiger partial charge in [-0.25, -0.2) is 9.97 Å². The van der Waals surface area contributed by atoms with Crippen molar-refractivity contribution in [3.8, 4) is 0 Å². The minimum absolute atomic E-state index is 0.225. The Kier molecular flexibility index (Phi) is 3.39. The molecule has 5 rings (SSSR count). The summed E-state index contributed by atoms with van der Waals surface area (Å²) in [6.45, 7) is 4.35. The van der Waals surface area contributed by atoms with Gasteiger partial charge in [0.1, 0.15) is 11.0 Å². The summed E-state index contributed by atoms with van der Waals surface area (Å²) in [6.07, 6.45) is 8.19. The van der Waals surface area contributed by atoms with Crippen molar-refractivity contribution in [2.75, 3.05) is 0 Å². The second-order valence-corrected chi connectivity index (χ2v) is 9.04. The van der Waals surface area contributed by atoms with Crippen LogP contribution in [-0.2, 0) is 5.41 Å². The van der Waals surface area contributed by atoms with Gasteiger partial charge >= 0.3 is 0 Å². The fourth-order valence-corrected chi connectivity index (χ4v) is 6.25. The van der Waals surface area contributed by atoms with Crippen LogP contribution in [0.5, 0.6) is 0 Å². The average Bonchev–Trinajstić information content (AvgIpc) is 2.39. The number of nitrogens with zero attached hydrogens (tertiary/aromatic N) is 2. The van der Waals surface area contributed by atoms with E-state index in [4.69, 9.17) is 21.6 Å². The molecule has 0 unspecified atom stereocenters. The predicted octanol–water partition coefficient (Wildman–Crippen LogP) is 5.48. The third-order valence-corrected chi connectivity index (χ3v) is 7.18. The summed E-state index contributed by atoms with van der Waals surface area (Å²) in [4.78, 5) is 9.69. The van der Waals surface area contributed by atoms with Gasteiger partial charge in [0.25, 0.3) is 0 Å². The van der Waals surface area contributed by atoms with Gasteiger partial charge in [-0.15, -0.1) is 0 Å². The summed E-state index contributed by atoms with van der Waals surface area (Å²) < 4.78 is 0.882. The van der Waals surface area contributed by atoms with E-state index in [9.17, 15) is 0 Å². The molecule has 0 spiro atoms. The van der Waals surface area contributed by atoms with E-state index in [1.54, 1.807) is 0 Å². The van der Waals surface area contributed by atoms with Crippen LogP contribution < -0.4 is 0 Å². The highest BCUT2D eigenvalue weighted by Crippen LogP contribution is 2.60. The van der Waals surface area contributed by atoms with E-state index in [-0.39, 0.29) is 5.41 Å². The van der Waals surface area contributed by atoms with E-state index in [1.165, 1.54) is 38.5 Å². The Morgan fingerprint density at radius 3 is 2.05 bits per heavy atom. The fourth-order valence-electron chi connectivity index (χ4n) is 5.44. The van der Waals surface area contributed by atoms with Gasteiger partial charge in [-0.2, -0.15) is 0 Å². The third-order valence-electron chi connectivity index (χ3n) is 5.90. The highest BCUT2D eigenvalue weighted by molar-refractivity contribution is 9.10. The van der Waals surface area contributed by atoms with Crippen molar-refractivity contribution in [3.05, 3.63) is 21.1 Å². The zero-order valence-electron chi connectivity index (χ0n) is 12.7. The van der Waals surface area contributed by atoms with Crippen molar-refractivity contribution in [2.24, 2.45) is 17.8 Å². The summed E-state index contributed by atoms with van der Waals surface area (Å²) >= 11 is 9.97. The van der Waals surface area contributed by atoms with Gasteiger partial charge in [0, 0.05) is 5.41 Å². The van der Waals surface area contributed by atoms with Crippen molar-refractivity contribution in [1.29, 1.82) is 0 Å². The van der Waals surface area contributed by atoms with Crippen molar-refractivity contribution < 1.29 is 0 Å². The summed E-state index contributed by atoms with van der Waals surface area (Å²) in [6, 6.07) is 0. The minimum Gasteiger partial charge on any atom is -0.236 e. The number of aromatic nitrogens is 2. The van der Waals surface area contributed by atoms with Crippen molar-refractivity contribution in [3.63, 3.8) is 0 Å². The Hall–Kier alpha value is -0.150. The molecule has 2 nitrogen and oxygen atoms in total. The monoisotopic (exact) mass is 368 g/mol. The van der Waals surface area contributed by atoms with Crippen LogP contribution in [-0.4, -0.2) is 9.97 Å². The number of halogens is 2. The standard InChI is InChI=1S/C17H22BrClN2/c1-9(2)14-13(18)15(19)21-16(20-14)17-6-10-3-11(7-17)5-12(4-10)8-17/h9-12H,3-8H2,1-2H3. The van der Waals surface area contributed by atoms with E-state index in [0.29, 0.717) is 11.1 Å². The van der Waals surface area contributed by atoms with Crippen LogP contribution in [0.2, 0.25) is 5.15 Å². The first-order valence-corrected chi connectivity index (χ1v) is 9.37. The lowest BCUT2D eigenvalue weighted by molar-refractivity contribution is -0.00952. The normalized spacial score (nSPS) is 37.5. The largest absolute Gasteiger partial charge is 0.236 e. The molecule has 1 heterocycles. The molecule has 21 heavy (non-hydrogen) atoms. The molecule has 0 amide bonds. The SMILES string of the molecule is CC(C)c1nc(C23CC4CC(CC(C4)C2)C3)nc(Cl)c1Br. The lowest BCUT2D eigenvalue weighted by Gasteiger charge is -2.56. The topological polar surface area (TPSA) is 25.8 Å². The van der Waals surface area contributed by atoms with Crippen LogP contribution in [0.25, 0.3) is 0 Å². The van der Waals surface area contributed by atoms with E-state index >= 15 is 0 Å². The molecule has 4 aliphatic carbocycles. The number of hydrogen-bond donors (Lipinski definition) is 0. The number of hydrogen-bond acceptors (Lipinski definition) is 2. The van der Waals surface area contributed by atoms with Crippen LogP contribution in [0.4, 0.5) is 0 Å². The summed E-state index contributed by atoms with van der Waals surface area (Å²) in [5, 5.41) is 0.597. The van der Waals surface area contributed by atoms with Crippen LogP contribution in [0.3, 0.4) is 0 Å². The molecule has 4 heteroatoms. The van der Waals surface area contributed by atoms with Gasteiger partial charge in [0.15, 0.2) is 0 Å². The van der Waals surface area contributed by atoms with E-state index in [1.807, 2.05) is 0 Å². The Labute approximate surface area is 140 Å². The molecular formula is C17H22BrClN2. The first-order valence-electron chi connectivity index (χ1n) is 8.20. The molecule has 4 saturated carbocycles. The number of rotatable bonds is 2. The molecule has 0 radical (unpaired) electrons. The van der Waals surface area contributed by atoms with Crippen molar-refractivity contribution >= 4 is 27.5 Å². The van der Waals surface area contributed by atoms with Gasteiger partial charge in [-0.05, 0) is 78.1 Å². The molecule has 114 valence electrons. The molecule has 4 fully saturated rings.